The molecule has 1 heterocycles. The van der Waals surface area contributed by atoms with Crippen LogP contribution in [0.1, 0.15) is 51.9 Å². The minimum absolute atomic E-state index is 0.123. The maximum atomic E-state index is 11.7. The Labute approximate surface area is 101 Å². The fraction of sp³-hybridized carbons (Fsp3) is 0.846. The Morgan fingerprint density at radius 3 is 2.69 bits per heavy atom. The Morgan fingerprint density at radius 1 is 1.31 bits per heavy atom. The molecule has 3 unspecified atom stereocenters. The van der Waals surface area contributed by atoms with Crippen molar-refractivity contribution in [3.63, 3.8) is 0 Å². The summed E-state index contributed by atoms with van der Waals surface area (Å²) >= 11 is 0. The van der Waals surface area contributed by atoms with Crippen LogP contribution in [0.25, 0.3) is 0 Å². The first-order valence-electron chi connectivity index (χ1n) is 6.48. The van der Waals surface area contributed by atoms with Crippen LogP contribution < -0.4 is 0 Å². The second-order valence-corrected chi connectivity index (χ2v) is 6.72. The lowest BCUT2D eigenvalue weighted by Gasteiger charge is -2.20. The monoisotopic (exact) mass is 242 g/mol. The third kappa shape index (κ3) is 3.09. The van der Waals surface area contributed by atoms with Gasteiger partial charge >= 0.3 is 0 Å². The lowest BCUT2D eigenvalue weighted by atomic mass is 9.96. The van der Waals surface area contributed by atoms with E-state index in [4.69, 9.17) is 4.74 Å². The average Bonchev–Trinajstić information content (AvgIpc) is 2.74. The zero-order valence-corrected chi connectivity index (χ0v) is 10.9. The minimum atomic E-state index is -0.651. The van der Waals surface area contributed by atoms with E-state index in [9.17, 15) is 4.21 Å². The van der Waals surface area contributed by atoms with Crippen molar-refractivity contribution in [1.82, 2.24) is 0 Å². The SMILES string of the molecule is CC(OC=C1CCCCC1)C1CCCS1=O. The average molecular weight is 242 g/mol. The predicted molar refractivity (Wildman–Crippen MR) is 67.7 cm³/mol. The first-order valence-corrected chi connectivity index (χ1v) is 7.86. The molecule has 0 radical (unpaired) electrons. The molecule has 92 valence electrons. The van der Waals surface area contributed by atoms with Crippen LogP contribution in [0, 0.1) is 0 Å². The highest BCUT2D eigenvalue weighted by molar-refractivity contribution is 7.85. The molecule has 1 aliphatic carbocycles. The van der Waals surface area contributed by atoms with Gasteiger partial charge in [-0.25, -0.2) is 0 Å². The Kier molecular flexibility index (Phi) is 4.45. The second-order valence-electron chi connectivity index (χ2n) is 4.94. The zero-order chi connectivity index (χ0) is 11.4. The number of rotatable bonds is 3. The number of hydrogen-bond donors (Lipinski definition) is 0. The van der Waals surface area contributed by atoms with Crippen LogP contribution in [0.15, 0.2) is 11.8 Å². The lowest BCUT2D eigenvalue weighted by molar-refractivity contribution is 0.152. The van der Waals surface area contributed by atoms with Gasteiger partial charge in [0.1, 0.15) is 6.10 Å². The molecule has 3 atom stereocenters. The topological polar surface area (TPSA) is 26.3 Å². The van der Waals surface area contributed by atoms with E-state index in [0.29, 0.717) is 0 Å². The van der Waals surface area contributed by atoms with Gasteiger partial charge in [-0.3, -0.25) is 4.21 Å². The van der Waals surface area contributed by atoms with E-state index < -0.39 is 10.8 Å². The van der Waals surface area contributed by atoms with Gasteiger partial charge in [-0.1, -0.05) is 6.42 Å². The van der Waals surface area contributed by atoms with Crippen LogP contribution in [0.5, 0.6) is 0 Å². The zero-order valence-electron chi connectivity index (χ0n) is 10.1. The summed E-state index contributed by atoms with van der Waals surface area (Å²) in [6.45, 7) is 2.06. The summed E-state index contributed by atoms with van der Waals surface area (Å²) in [4.78, 5) is 0. The van der Waals surface area contributed by atoms with Gasteiger partial charge in [-0.15, -0.1) is 0 Å². The van der Waals surface area contributed by atoms with Crippen molar-refractivity contribution in [1.29, 1.82) is 0 Å². The molecule has 0 spiro atoms. The van der Waals surface area contributed by atoms with Gasteiger partial charge in [0.25, 0.3) is 0 Å². The summed E-state index contributed by atoms with van der Waals surface area (Å²) in [6.07, 6.45) is 10.6. The Morgan fingerprint density at radius 2 is 2.06 bits per heavy atom. The first kappa shape index (κ1) is 12.2. The van der Waals surface area contributed by atoms with Gasteiger partial charge < -0.3 is 4.74 Å². The van der Waals surface area contributed by atoms with Crippen molar-refractivity contribution in [2.24, 2.45) is 0 Å². The molecular formula is C13H22O2S. The fourth-order valence-corrected chi connectivity index (χ4v) is 4.25. The third-order valence-corrected chi connectivity index (χ3v) is 5.63. The summed E-state index contributed by atoms with van der Waals surface area (Å²) in [6, 6.07) is 0. The standard InChI is InChI=1S/C13H22O2S/c1-11(13-8-5-9-16(13)14)15-10-12-6-3-2-4-7-12/h10-11,13H,2-9H2,1H3. The predicted octanol–water partition coefficient (Wildman–Crippen LogP) is 3.15. The lowest BCUT2D eigenvalue weighted by Crippen LogP contribution is -2.25. The molecule has 16 heavy (non-hydrogen) atoms. The molecule has 1 saturated carbocycles. The van der Waals surface area contributed by atoms with E-state index in [2.05, 4.69) is 6.92 Å². The minimum Gasteiger partial charge on any atom is -0.497 e. The maximum absolute atomic E-state index is 11.7. The first-order chi connectivity index (χ1) is 7.77. The maximum Gasteiger partial charge on any atom is 0.109 e. The summed E-state index contributed by atoms with van der Waals surface area (Å²) in [5.74, 6) is 0.870. The van der Waals surface area contributed by atoms with E-state index in [1.807, 2.05) is 6.26 Å². The molecule has 0 bridgehead atoms. The Hall–Kier alpha value is -0.310. The Balaban J connectivity index is 1.82. The van der Waals surface area contributed by atoms with Gasteiger partial charge in [0.05, 0.1) is 11.5 Å². The van der Waals surface area contributed by atoms with Gasteiger partial charge in [0.15, 0.2) is 0 Å². The van der Waals surface area contributed by atoms with E-state index in [0.717, 1.165) is 18.6 Å². The van der Waals surface area contributed by atoms with Gasteiger partial charge in [0, 0.05) is 16.6 Å². The number of ether oxygens (including phenoxy) is 1. The molecule has 2 fully saturated rings. The largest absolute Gasteiger partial charge is 0.497 e. The van der Waals surface area contributed by atoms with Crippen LogP contribution in [-0.2, 0) is 15.5 Å². The third-order valence-electron chi connectivity index (χ3n) is 3.64. The second kappa shape index (κ2) is 5.85. The summed E-state index contributed by atoms with van der Waals surface area (Å²) < 4.78 is 17.5. The molecule has 2 nitrogen and oxygen atoms in total. The van der Waals surface area contributed by atoms with Crippen molar-refractivity contribution in [3.8, 4) is 0 Å². The molecule has 0 N–H and O–H groups in total. The summed E-state index contributed by atoms with van der Waals surface area (Å²) in [5.41, 5.74) is 1.45. The number of hydrogen-bond acceptors (Lipinski definition) is 2. The van der Waals surface area contributed by atoms with Gasteiger partial charge in [0.2, 0.25) is 0 Å². The van der Waals surface area contributed by atoms with Crippen molar-refractivity contribution in [3.05, 3.63) is 11.8 Å². The molecule has 0 aromatic carbocycles. The molecule has 0 aromatic rings. The van der Waals surface area contributed by atoms with Crippen molar-refractivity contribution in [2.45, 2.75) is 63.2 Å². The molecule has 2 rings (SSSR count). The molecule has 1 aliphatic heterocycles. The van der Waals surface area contributed by atoms with Gasteiger partial charge in [-0.05, 0) is 51.0 Å². The van der Waals surface area contributed by atoms with Crippen LogP contribution in [0.2, 0.25) is 0 Å². The van der Waals surface area contributed by atoms with E-state index in [1.165, 1.54) is 37.7 Å². The highest BCUT2D eigenvalue weighted by atomic mass is 32.2. The smallest absolute Gasteiger partial charge is 0.109 e. The fourth-order valence-electron chi connectivity index (χ4n) is 2.57. The van der Waals surface area contributed by atoms with Crippen LogP contribution in [-0.4, -0.2) is 21.3 Å². The molecule has 2 aliphatic rings. The van der Waals surface area contributed by atoms with Crippen molar-refractivity contribution >= 4 is 10.8 Å². The highest BCUT2D eigenvalue weighted by Gasteiger charge is 2.29. The summed E-state index contributed by atoms with van der Waals surface area (Å²) in [5, 5.41) is 0.264. The van der Waals surface area contributed by atoms with E-state index in [1.54, 1.807) is 0 Å². The normalized spacial score (nSPS) is 32.4. The highest BCUT2D eigenvalue weighted by Crippen LogP contribution is 2.25. The Bertz CT molecular complexity index is 278. The van der Waals surface area contributed by atoms with Gasteiger partial charge in [-0.2, -0.15) is 0 Å². The van der Waals surface area contributed by atoms with Crippen molar-refractivity contribution in [2.75, 3.05) is 5.75 Å². The quantitative estimate of drug-likeness (QED) is 0.711. The molecule has 1 saturated heterocycles. The van der Waals surface area contributed by atoms with Crippen molar-refractivity contribution < 1.29 is 8.95 Å². The molecule has 0 amide bonds. The molecular weight excluding hydrogens is 220 g/mol. The molecule has 0 aromatic heterocycles. The molecule has 3 heteroatoms. The summed E-state index contributed by atoms with van der Waals surface area (Å²) in [7, 11) is -0.651. The van der Waals surface area contributed by atoms with Crippen LogP contribution >= 0.6 is 0 Å². The van der Waals surface area contributed by atoms with E-state index in [-0.39, 0.29) is 11.4 Å². The number of allylic oxidation sites excluding steroid dienone is 1. The van der Waals surface area contributed by atoms with Crippen LogP contribution in [0.4, 0.5) is 0 Å². The van der Waals surface area contributed by atoms with Crippen LogP contribution in [0.3, 0.4) is 0 Å². The van der Waals surface area contributed by atoms with E-state index >= 15 is 0 Å².